The minimum Gasteiger partial charge on any atom is -0.341 e. The summed E-state index contributed by atoms with van der Waals surface area (Å²) in [5.41, 5.74) is 1.59. The van der Waals surface area contributed by atoms with Crippen LogP contribution in [-0.4, -0.2) is 29.4 Å². The maximum Gasteiger partial charge on any atom is 0.253 e. The molecule has 0 radical (unpaired) electrons. The maximum atomic E-state index is 12.3. The van der Waals surface area contributed by atoms with Crippen LogP contribution in [0.4, 0.5) is 0 Å². The lowest BCUT2D eigenvalue weighted by atomic mass is 10.2. The number of rotatable bonds is 4. The van der Waals surface area contributed by atoms with Gasteiger partial charge < -0.3 is 4.90 Å². The Hall–Kier alpha value is -1.39. The number of aromatic nitrogens is 1. The van der Waals surface area contributed by atoms with Gasteiger partial charge in [0.1, 0.15) is 0 Å². The summed E-state index contributed by atoms with van der Waals surface area (Å²) in [6, 6.07) is 11.0. The molecule has 0 aliphatic rings. The van der Waals surface area contributed by atoms with Crippen LogP contribution in [0.1, 0.15) is 16.1 Å². The first kappa shape index (κ1) is 15.0. The van der Waals surface area contributed by atoms with Crippen molar-refractivity contribution in [3.8, 4) is 0 Å². The highest BCUT2D eigenvalue weighted by molar-refractivity contribution is 9.10. The van der Waals surface area contributed by atoms with Crippen LogP contribution >= 0.6 is 27.5 Å². The van der Waals surface area contributed by atoms with E-state index in [9.17, 15) is 4.79 Å². The van der Waals surface area contributed by atoms with Crippen LogP contribution in [0.2, 0.25) is 5.02 Å². The second kappa shape index (κ2) is 6.86. The standard InChI is InChI=1S/C15H14BrClN2O/c1-19(9-7-12-4-2-3-8-18-12)15(20)11-5-6-14(17)13(16)10-11/h2-6,8,10H,7,9H2,1H3. The van der Waals surface area contributed by atoms with E-state index in [1.807, 2.05) is 18.2 Å². The van der Waals surface area contributed by atoms with Gasteiger partial charge >= 0.3 is 0 Å². The molecule has 0 saturated carbocycles. The SMILES string of the molecule is CN(CCc1ccccn1)C(=O)c1ccc(Cl)c(Br)c1. The average Bonchev–Trinajstić information content (AvgIpc) is 2.48. The molecule has 5 heteroatoms. The van der Waals surface area contributed by atoms with Crippen LogP contribution in [-0.2, 0) is 6.42 Å². The van der Waals surface area contributed by atoms with Gasteiger partial charge in [0.25, 0.3) is 5.91 Å². The molecule has 0 saturated heterocycles. The lowest BCUT2D eigenvalue weighted by molar-refractivity contribution is 0.0796. The quantitative estimate of drug-likeness (QED) is 0.837. The summed E-state index contributed by atoms with van der Waals surface area (Å²) in [7, 11) is 1.79. The molecular weight excluding hydrogens is 340 g/mol. The second-order valence-electron chi connectivity index (χ2n) is 4.43. The highest BCUT2D eigenvalue weighted by Gasteiger charge is 2.13. The molecule has 1 heterocycles. The van der Waals surface area contributed by atoms with Crippen LogP contribution in [0, 0.1) is 0 Å². The van der Waals surface area contributed by atoms with Crippen molar-refractivity contribution < 1.29 is 4.79 Å². The van der Waals surface area contributed by atoms with E-state index < -0.39 is 0 Å². The summed E-state index contributed by atoms with van der Waals surface area (Å²) >= 11 is 9.25. The zero-order chi connectivity index (χ0) is 14.5. The highest BCUT2D eigenvalue weighted by atomic mass is 79.9. The van der Waals surface area contributed by atoms with Crippen LogP contribution in [0.5, 0.6) is 0 Å². The molecule has 0 aliphatic carbocycles. The minimum atomic E-state index is -0.0294. The van der Waals surface area contributed by atoms with Crippen LogP contribution < -0.4 is 0 Å². The molecule has 0 spiro atoms. The smallest absolute Gasteiger partial charge is 0.253 e. The fourth-order valence-corrected chi connectivity index (χ4v) is 2.28. The Bertz CT molecular complexity index is 604. The van der Waals surface area contributed by atoms with Crippen molar-refractivity contribution in [2.45, 2.75) is 6.42 Å². The number of hydrogen-bond donors (Lipinski definition) is 0. The largest absolute Gasteiger partial charge is 0.341 e. The molecule has 2 rings (SSSR count). The first-order valence-corrected chi connectivity index (χ1v) is 7.35. The summed E-state index contributed by atoms with van der Waals surface area (Å²) in [5.74, 6) is -0.0294. The normalized spacial score (nSPS) is 10.3. The van der Waals surface area contributed by atoms with Gasteiger partial charge in [0, 0.05) is 41.9 Å². The van der Waals surface area contributed by atoms with Crippen LogP contribution in [0.3, 0.4) is 0 Å². The molecule has 2 aromatic rings. The highest BCUT2D eigenvalue weighted by Crippen LogP contribution is 2.23. The van der Waals surface area contributed by atoms with Gasteiger partial charge in [-0.15, -0.1) is 0 Å². The molecule has 0 unspecified atom stereocenters. The van der Waals surface area contributed by atoms with E-state index in [2.05, 4.69) is 20.9 Å². The minimum absolute atomic E-state index is 0.0294. The molecule has 0 atom stereocenters. The number of amides is 1. The number of carbonyl (C=O) groups is 1. The molecule has 1 aromatic heterocycles. The Morgan fingerprint density at radius 1 is 1.35 bits per heavy atom. The third kappa shape index (κ3) is 3.81. The van der Waals surface area contributed by atoms with Crippen molar-refractivity contribution in [2.24, 2.45) is 0 Å². The topological polar surface area (TPSA) is 33.2 Å². The summed E-state index contributed by atoms with van der Waals surface area (Å²) in [6.07, 6.45) is 2.49. The monoisotopic (exact) mass is 352 g/mol. The number of nitrogens with zero attached hydrogens (tertiary/aromatic N) is 2. The molecule has 0 fully saturated rings. The van der Waals surface area contributed by atoms with Gasteiger partial charge in [-0.05, 0) is 46.3 Å². The average molecular weight is 354 g/mol. The van der Waals surface area contributed by atoms with E-state index in [4.69, 9.17) is 11.6 Å². The van der Waals surface area contributed by atoms with Crippen molar-refractivity contribution in [2.75, 3.05) is 13.6 Å². The molecule has 1 aromatic carbocycles. The molecular formula is C15H14BrClN2O. The zero-order valence-corrected chi connectivity index (χ0v) is 13.4. The van der Waals surface area contributed by atoms with Gasteiger partial charge in [-0.25, -0.2) is 0 Å². The van der Waals surface area contributed by atoms with Crippen LogP contribution in [0.15, 0.2) is 47.1 Å². The van der Waals surface area contributed by atoms with Crippen molar-refractivity contribution in [1.82, 2.24) is 9.88 Å². The van der Waals surface area contributed by atoms with E-state index >= 15 is 0 Å². The van der Waals surface area contributed by atoms with Crippen molar-refractivity contribution in [1.29, 1.82) is 0 Å². The van der Waals surface area contributed by atoms with Gasteiger partial charge in [0.15, 0.2) is 0 Å². The van der Waals surface area contributed by atoms with Gasteiger partial charge in [-0.1, -0.05) is 17.7 Å². The number of halogens is 2. The summed E-state index contributed by atoms with van der Waals surface area (Å²) in [6.45, 7) is 0.621. The molecule has 0 N–H and O–H groups in total. The summed E-state index contributed by atoms with van der Waals surface area (Å²) in [4.78, 5) is 18.2. The van der Waals surface area contributed by atoms with E-state index in [0.717, 1.165) is 16.6 Å². The molecule has 20 heavy (non-hydrogen) atoms. The Morgan fingerprint density at radius 3 is 2.80 bits per heavy atom. The Balaban J connectivity index is 1.99. The molecule has 1 amide bonds. The summed E-state index contributed by atoms with van der Waals surface area (Å²) < 4.78 is 0.725. The van der Waals surface area contributed by atoms with E-state index in [1.165, 1.54) is 0 Å². The molecule has 0 aliphatic heterocycles. The number of carbonyl (C=O) groups excluding carboxylic acids is 1. The second-order valence-corrected chi connectivity index (χ2v) is 5.69. The predicted molar refractivity (Wildman–Crippen MR) is 84.1 cm³/mol. The number of hydrogen-bond acceptors (Lipinski definition) is 2. The number of likely N-dealkylation sites (N-methyl/N-ethyl adjacent to an activating group) is 1. The third-order valence-electron chi connectivity index (χ3n) is 2.94. The Morgan fingerprint density at radius 2 is 2.15 bits per heavy atom. The lowest BCUT2D eigenvalue weighted by Crippen LogP contribution is -2.29. The van der Waals surface area contributed by atoms with Gasteiger partial charge in [0.2, 0.25) is 0 Å². The van der Waals surface area contributed by atoms with Crippen molar-refractivity contribution in [3.63, 3.8) is 0 Å². The maximum absolute atomic E-state index is 12.3. The molecule has 0 bridgehead atoms. The summed E-state index contributed by atoms with van der Waals surface area (Å²) in [5, 5.41) is 0.595. The fourth-order valence-electron chi connectivity index (χ4n) is 1.78. The first-order valence-electron chi connectivity index (χ1n) is 6.18. The van der Waals surface area contributed by atoms with E-state index in [0.29, 0.717) is 17.1 Å². The van der Waals surface area contributed by atoms with E-state index in [-0.39, 0.29) is 5.91 Å². The predicted octanol–water partition coefficient (Wildman–Crippen LogP) is 3.81. The Kier molecular flexibility index (Phi) is 5.15. The zero-order valence-electron chi connectivity index (χ0n) is 11.0. The van der Waals surface area contributed by atoms with Gasteiger partial charge in [-0.2, -0.15) is 0 Å². The van der Waals surface area contributed by atoms with Crippen LogP contribution in [0.25, 0.3) is 0 Å². The molecule has 3 nitrogen and oxygen atoms in total. The van der Waals surface area contributed by atoms with Crippen molar-refractivity contribution >= 4 is 33.4 Å². The van der Waals surface area contributed by atoms with Gasteiger partial charge in [0.05, 0.1) is 5.02 Å². The first-order chi connectivity index (χ1) is 9.58. The van der Waals surface area contributed by atoms with Gasteiger partial charge in [-0.3, -0.25) is 9.78 Å². The number of benzene rings is 1. The fraction of sp³-hybridized carbons (Fsp3) is 0.200. The molecule has 104 valence electrons. The van der Waals surface area contributed by atoms with E-state index in [1.54, 1.807) is 36.3 Å². The Labute approximate surface area is 131 Å². The third-order valence-corrected chi connectivity index (χ3v) is 4.16. The van der Waals surface area contributed by atoms with Crippen molar-refractivity contribution in [3.05, 3.63) is 63.3 Å². The number of pyridine rings is 1. The lowest BCUT2D eigenvalue weighted by Gasteiger charge is -2.17.